The Kier molecular flexibility index (Phi) is 8.04. The zero-order valence-corrected chi connectivity index (χ0v) is 16.8. The van der Waals surface area contributed by atoms with Crippen molar-refractivity contribution in [1.29, 1.82) is 0 Å². The van der Waals surface area contributed by atoms with E-state index in [-0.39, 0.29) is 24.0 Å². The Balaban J connectivity index is 0.00000225. The molecule has 1 aliphatic carbocycles. The van der Waals surface area contributed by atoms with Gasteiger partial charge in [-0.3, -0.25) is 4.99 Å². The van der Waals surface area contributed by atoms with E-state index < -0.39 is 0 Å². The highest BCUT2D eigenvalue weighted by atomic mass is 127. The summed E-state index contributed by atoms with van der Waals surface area (Å²) in [6.07, 6.45) is 5.80. The third kappa shape index (κ3) is 5.92. The smallest absolute Gasteiger partial charge is 0.193 e. The number of hydrogen-bond acceptors (Lipinski definition) is 2. The first-order valence-electron chi connectivity index (χ1n) is 8.79. The Bertz CT molecular complexity index is 685. The molecule has 0 aliphatic heterocycles. The number of guanidine groups is 1. The second kappa shape index (κ2) is 10.3. The summed E-state index contributed by atoms with van der Waals surface area (Å²) in [5.74, 6) is 0.508. The summed E-state index contributed by atoms with van der Waals surface area (Å²) >= 11 is 0. The summed E-state index contributed by atoms with van der Waals surface area (Å²) < 4.78 is 0. The number of aryl methyl sites for hydroxylation is 1. The van der Waals surface area contributed by atoms with Crippen molar-refractivity contribution in [3.05, 3.63) is 59.7 Å². The molecule has 134 valence electrons. The highest BCUT2D eigenvalue weighted by Gasteiger charge is 2.12. The number of rotatable bonds is 6. The SMILES string of the molecule is I.NC(=NCCCNc1ccccc1)Nc1cccc2c1CCCC2. The molecule has 0 radical (unpaired) electrons. The molecule has 0 saturated heterocycles. The summed E-state index contributed by atoms with van der Waals surface area (Å²) in [7, 11) is 0. The van der Waals surface area contributed by atoms with Gasteiger partial charge in [-0.15, -0.1) is 24.0 Å². The number of nitrogens with one attached hydrogen (secondary N) is 2. The minimum absolute atomic E-state index is 0. The van der Waals surface area contributed by atoms with Crippen LogP contribution in [-0.2, 0) is 12.8 Å². The van der Waals surface area contributed by atoms with E-state index in [1.807, 2.05) is 18.2 Å². The van der Waals surface area contributed by atoms with Gasteiger partial charge in [-0.1, -0.05) is 30.3 Å². The fourth-order valence-corrected chi connectivity index (χ4v) is 3.14. The first kappa shape index (κ1) is 19.6. The lowest BCUT2D eigenvalue weighted by Crippen LogP contribution is -2.24. The molecule has 2 aromatic carbocycles. The summed E-state index contributed by atoms with van der Waals surface area (Å²) in [5.41, 5.74) is 11.2. The van der Waals surface area contributed by atoms with Gasteiger partial charge in [0.15, 0.2) is 5.96 Å². The molecule has 0 unspecified atom stereocenters. The van der Waals surface area contributed by atoms with Gasteiger partial charge >= 0.3 is 0 Å². The van der Waals surface area contributed by atoms with Crippen LogP contribution in [0.1, 0.15) is 30.4 Å². The molecule has 0 bridgehead atoms. The summed E-state index contributed by atoms with van der Waals surface area (Å²) in [5, 5.41) is 6.66. The number of halogens is 1. The Hall–Kier alpha value is -1.76. The number of benzene rings is 2. The van der Waals surface area contributed by atoms with Crippen molar-refractivity contribution < 1.29 is 0 Å². The van der Waals surface area contributed by atoms with Crippen molar-refractivity contribution in [3.8, 4) is 0 Å². The molecule has 0 spiro atoms. The maximum absolute atomic E-state index is 6.05. The van der Waals surface area contributed by atoms with E-state index >= 15 is 0 Å². The molecule has 25 heavy (non-hydrogen) atoms. The molecule has 0 saturated carbocycles. The van der Waals surface area contributed by atoms with Crippen LogP contribution in [0.3, 0.4) is 0 Å². The Morgan fingerprint density at radius 3 is 2.64 bits per heavy atom. The molecule has 4 nitrogen and oxygen atoms in total. The summed E-state index contributed by atoms with van der Waals surface area (Å²) in [6.45, 7) is 1.61. The lowest BCUT2D eigenvalue weighted by Gasteiger charge is -2.19. The van der Waals surface area contributed by atoms with Gasteiger partial charge in [0.1, 0.15) is 0 Å². The number of nitrogens with zero attached hydrogens (tertiary/aromatic N) is 1. The minimum atomic E-state index is 0. The fraction of sp³-hybridized carbons (Fsp3) is 0.350. The molecule has 4 N–H and O–H groups in total. The average Bonchev–Trinajstić information content (AvgIpc) is 2.63. The van der Waals surface area contributed by atoms with Crippen LogP contribution in [0.25, 0.3) is 0 Å². The van der Waals surface area contributed by atoms with Crippen LogP contribution in [-0.4, -0.2) is 19.0 Å². The maximum atomic E-state index is 6.05. The highest BCUT2D eigenvalue weighted by molar-refractivity contribution is 14.0. The number of aliphatic imine (C=N–C) groups is 1. The summed E-state index contributed by atoms with van der Waals surface area (Å²) in [6, 6.07) is 16.6. The Labute approximate surface area is 167 Å². The Morgan fingerprint density at radius 1 is 1.00 bits per heavy atom. The molecule has 3 rings (SSSR count). The number of nitrogens with two attached hydrogens (primary N) is 1. The predicted octanol–water partition coefficient (Wildman–Crippen LogP) is 4.41. The van der Waals surface area contributed by atoms with Crippen LogP contribution < -0.4 is 16.4 Å². The van der Waals surface area contributed by atoms with E-state index in [0.717, 1.165) is 30.8 Å². The molecule has 0 aromatic heterocycles. The van der Waals surface area contributed by atoms with Crippen molar-refractivity contribution in [2.45, 2.75) is 32.1 Å². The van der Waals surface area contributed by atoms with Gasteiger partial charge in [-0.2, -0.15) is 0 Å². The molecule has 0 fully saturated rings. The second-order valence-corrected chi connectivity index (χ2v) is 6.19. The highest BCUT2D eigenvalue weighted by Crippen LogP contribution is 2.27. The second-order valence-electron chi connectivity index (χ2n) is 6.19. The number of hydrogen-bond donors (Lipinski definition) is 3. The third-order valence-electron chi connectivity index (χ3n) is 4.38. The first-order chi connectivity index (χ1) is 11.8. The van der Waals surface area contributed by atoms with Crippen molar-refractivity contribution >= 4 is 41.3 Å². The normalized spacial score (nSPS) is 13.5. The molecule has 2 aromatic rings. The van der Waals surface area contributed by atoms with E-state index in [2.05, 4.69) is 46.0 Å². The van der Waals surface area contributed by atoms with Crippen molar-refractivity contribution in [1.82, 2.24) is 0 Å². The minimum Gasteiger partial charge on any atom is -0.385 e. The fourth-order valence-electron chi connectivity index (χ4n) is 3.14. The van der Waals surface area contributed by atoms with Crippen LogP contribution in [0.5, 0.6) is 0 Å². The molecular weight excluding hydrogens is 423 g/mol. The van der Waals surface area contributed by atoms with E-state index in [1.54, 1.807) is 0 Å². The van der Waals surface area contributed by atoms with Crippen LogP contribution in [0.4, 0.5) is 11.4 Å². The standard InChI is InChI=1S/C20H26N4.HI/c21-20(23-15-7-14-22-17-10-2-1-3-11-17)24-19-13-6-9-16-8-4-5-12-18(16)19;/h1-3,6,9-11,13,22H,4-5,7-8,12,14-15H2,(H3,21,23,24);1H. The first-order valence-corrected chi connectivity index (χ1v) is 8.79. The quantitative estimate of drug-likeness (QED) is 0.265. The van der Waals surface area contributed by atoms with Gasteiger partial charge in [0.25, 0.3) is 0 Å². The molecule has 0 atom stereocenters. The zero-order valence-electron chi connectivity index (χ0n) is 14.5. The molecule has 0 heterocycles. The van der Waals surface area contributed by atoms with Crippen molar-refractivity contribution in [2.75, 3.05) is 23.7 Å². The Morgan fingerprint density at radius 2 is 1.80 bits per heavy atom. The van der Waals surface area contributed by atoms with Crippen LogP contribution in [0, 0.1) is 0 Å². The van der Waals surface area contributed by atoms with Gasteiger partial charge in [0.05, 0.1) is 0 Å². The van der Waals surface area contributed by atoms with Crippen LogP contribution in [0.2, 0.25) is 0 Å². The monoisotopic (exact) mass is 450 g/mol. The van der Waals surface area contributed by atoms with Crippen LogP contribution in [0.15, 0.2) is 53.5 Å². The van der Waals surface area contributed by atoms with Gasteiger partial charge < -0.3 is 16.4 Å². The number of para-hydroxylation sites is 1. The van der Waals surface area contributed by atoms with E-state index in [4.69, 9.17) is 5.73 Å². The van der Waals surface area contributed by atoms with Crippen LogP contribution >= 0.6 is 24.0 Å². The molecular formula is C20H27IN4. The topological polar surface area (TPSA) is 62.4 Å². The van der Waals surface area contributed by atoms with Gasteiger partial charge in [0, 0.05) is 24.5 Å². The lowest BCUT2D eigenvalue weighted by atomic mass is 9.90. The van der Waals surface area contributed by atoms with E-state index in [9.17, 15) is 0 Å². The largest absolute Gasteiger partial charge is 0.385 e. The zero-order chi connectivity index (χ0) is 16.6. The van der Waals surface area contributed by atoms with Gasteiger partial charge in [0.2, 0.25) is 0 Å². The molecule has 1 aliphatic rings. The van der Waals surface area contributed by atoms with Crippen molar-refractivity contribution in [3.63, 3.8) is 0 Å². The predicted molar refractivity (Wildman–Crippen MR) is 118 cm³/mol. The summed E-state index contributed by atoms with van der Waals surface area (Å²) in [4.78, 5) is 4.44. The number of anilines is 2. The van der Waals surface area contributed by atoms with E-state index in [1.165, 1.54) is 30.4 Å². The van der Waals surface area contributed by atoms with Gasteiger partial charge in [-0.25, -0.2) is 0 Å². The van der Waals surface area contributed by atoms with E-state index in [0.29, 0.717) is 12.5 Å². The maximum Gasteiger partial charge on any atom is 0.193 e. The lowest BCUT2D eigenvalue weighted by molar-refractivity contribution is 0.687. The van der Waals surface area contributed by atoms with Crippen molar-refractivity contribution in [2.24, 2.45) is 10.7 Å². The van der Waals surface area contributed by atoms with Gasteiger partial charge in [-0.05, 0) is 61.4 Å². The number of fused-ring (bicyclic) bond motifs is 1. The molecule has 5 heteroatoms. The molecule has 0 amide bonds. The average molecular weight is 450 g/mol. The third-order valence-corrected chi connectivity index (χ3v) is 4.38.